The van der Waals surface area contributed by atoms with Crippen molar-refractivity contribution in [1.82, 2.24) is 15.2 Å². The van der Waals surface area contributed by atoms with Crippen molar-refractivity contribution in [1.29, 1.82) is 0 Å². The van der Waals surface area contributed by atoms with Crippen LogP contribution in [0, 0.1) is 11.7 Å². The molecule has 1 saturated heterocycles. The van der Waals surface area contributed by atoms with Crippen LogP contribution >= 0.6 is 0 Å². The van der Waals surface area contributed by atoms with E-state index < -0.39 is 0 Å². The Morgan fingerprint density at radius 2 is 2.26 bits per heavy atom. The van der Waals surface area contributed by atoms with Crippen molar-refractivity contribution >= 4 is 0 Å². The molecule has 2 atom stereocenters. The summed E-state index contributed by atoms with van der Waals surface area (Å²) in [5, 5.41) is 3.64. The third kappa shape index (κ3) is 3.12. The molecule has 0 spiro atoms. The largest absolute Gasteiger partial charge is 0.311 e. The summed E-state index contributed by atoms with van der Waals surface area (Å²) in [7, 11) is 0. The lowest BCUT2D eigenvalue weighted by Gasteiger charge is -2.40. The standard InChI is InChI=1S/C15H22FN3/c1-2-14-10-19(15(8-18-14)12-3-4-12)9-11-5-13(16)7-17-6-11/h5-7,12,14-15,18H,2-4,8-10H2,1H3. The van der Waals surface area contributed by atoms with E-state index in [1.165, 1.54) is 19.0 Å². The highest BCUT2D eigenvalue weighted by molar-refractivity contribution is 5.11. The number of hydrogen-bond acceptors (Lipinski definition) is 3. The van der Waals surface area contributed by atoms with Crippen LogP contribution in [0.25, 0.3) is 0 Å². The molecule has 1 aliphatic heterocycles. The normalized spacial score (nSPS) is 28.5. The van der Waals surface area contributed by atoms with Gasteiger partial charge in [-0.15, -0.1) is 0 Å². The first-order valence-corrected chi connectivity index (χ1v) is 7.33. The SMILES string of the molecule is CCC1CN(Cc2cncc(F)c2)C(C2CC2)CN1. The Hall–Kier alpha value is -1.00. The number of hydrogen-bond donors (Lipinski definition) is 1. The first-order chi connectivity index (χ1) is 9.26. The molecule has 1 saturated carbocycles. The second kappa shape index (κ2) is 5.55. The van der Waals surface area contributed by atoms with Gasteiger partial charge in [0.15, 0.2) is 0 Å². The molecular weight excluding hydrogens is 241 g/mol. The van der Waals surface area contributed by atoms with Crippen LogP contribution in [-0.4, -0.2) is 35.1 Å². The van der Waals surface area contributed by atoms with Crippen molar-refractivity contribution in [2.45, 2.75) is 44.8 Å². The lowest BCUT2D eigenvalue weighted by atomic mass is 10.0. The van der Waals surface area contributed by atoms with E-state index in [2.05, 4.69) is 22.1 Å². The molecule has 104 valence electrons. The lowest BCUT2D eigenvalue weighted by Crippen LogP contribution is -2.56. The zero-order valence-corrected chi connectivity index (χ0v) is 11.5. The van der Waals surface area contributed by atoms with Gasteiger partial charge in [0.1, 0.15) is 5.82 Å². The van der Waals surface area contributed by atoms with Crippen LogP contribution in [0.1, 0.15) is 31.7 Å². The van der Waals surface area contributed by atoms with Crippen LogP contribution in [-0.2, 0) is 6.54 Å². The molecule has 2 aliphatic rings. The number of halogens is 1. The topological polar surface area (TPSA) is 28.2 Å². The highest BCUT2D eigenvalue weighted by Crippen LogP contribution is 2.36. The molecule has 2 heterocycles. The molecule has 2 unspecified atom stereocenters. The van der Waals surface area contributed by atoms with Crippen LogP contribution < -0.4 is 5.32 Å². The van der Waals surface area contributed by atoms with E-state index in [1.807, 2.05) is 0 Å². The van der Waals surface area contributed by atoms with Crippen LogP contribution in [0.4, 0.5) is 4.39 Å². The predicted octanol–water partition coefficient (Wildman–Crippen LogP) is 2.18. The molecular formula is C15H22FN3. The number of piperazine rings is 1. The third-order valence-corrected chi connectivity index (χ3v) is 4.35. The van der Waals surface area contributed by atoms with Crippen LogP contribution in [0.5, 0.6) is 0 Å². The summed E-state index contributed by atoms with van der Waals surface area (Å²) < 4.78 is 13.2. The van der Waals surface area contributed by atoms with Crippen molar-refractivity contribution in [3.63, 3.8) is 0 Å². The highest BCUT2D eigenvalue weighted by Gasteiger charge is 2.38. The van der Waals surface area contributed by atoms with Crippen molar-refractivity contribution in [2.24, 2.45) is 5.92 Å². The van der Waals surface area contributed by atoms with Gasteiger partial charge < -0.3 is 5.32 Å². The molecule has 1 N–H and O–H groups in total. The third-order valence-electron chi connectivity index (χ3n) is 4.35. The molecule has 2 fully saturated rings. The Kier molecular flexibility index (Phi) is 3.80. The summed E-state index contributed by atoms with van der Waals surface area (Å²) in [6.07, 6.45) is 6.90. The van der Waals surface area contributed by atoms with Gasteiger partial charge in [-0.3, -0.25) is 9.88 Å². The Morgan fingerprint density at radius 1 is 1.42 bits per heavy atom. The summed E-state index contributed by atoms with van der Waals surface area (Å²) >= 11 is 0. The van der Waals surface area contributed by atoms with Crippen LogP contribution in [0.15, 0.2) is 18.5 Å². The molecule has 3 rings (SSSR count). The van der Waals surface area contributed by atoms with Crippen LogP contribution in [0.2, 0.25) is 0 Å². The maximum absolute atomic E-state index is 13.2. The first-order valence-electron chi connectivity index (χ1n) is 7.33. The van der Waals surface area contributed by atoms with Crippen molar-refractivity contribution < 1.29 is 4.39 Å². The number of rotatable bonds is 4. The first kappa shape index (κ1) is 13.0. The average Bonchev–Trinajstić information content (AvgIpc) is 3.23. The molecule has 0 aromatic carbocycles. The summed E-state index contributed by atoms with van der Waals surface area (Å²) in [5.74, 6) is 0.606. The van der Waals surface area contributed by atoms with E-state index in [-0.39, 0.29) is 5.82 Å². The zero-order valence-electron chi connectivity index (χ0n) is 11.5. The minimum Gasteiger partial charge on any atom is -0.311 e. The van der Waals surface area contributed by atoms with Crippen LogP contribution in [0.3, 0.4) is 0 Å². The van der Waals surface area contributed by atoms with E-state index in [0.717, 1.165) is 37.5 Å². The van der Waals surface area contributed by atoms with Gasteiger partial charge in [0, 0.05) is 37.9 Å². The molecule has 4 heteroatoms. The summed E-state index contributed by atoms with van der Waals surface area (Å²) in [4.78, 5) is 6.48. The maximum Gasteiger partial charge on any atom is 0.141 e. The van der Waals surface area contributed by atoms with Gasteiger partial charge in [0.05, 0.1) is 6.20 Å². The monoisotopic (exact) mass is 263 g/mol. The number of pyridine rings is 1. The summed E-state index contributed by atoms with van der Waals surface area (Å²) in [5.41, 5.74) is 0.988. The Morgan fingerprint density at radius 3 is 2.95 bits per heavy atom. The lowest BCUT2D eigenvalue weighted by molar-refractivity contribution is 0.106. The molecule has 3 nitrogen and oxygen atoms in total. The molecule has 1 aliphatic carbocycles. The van der Waals surface area contributed by atoms with Gasteiger partial charge in [-0.25, -0.2) is 4.39 Å². The van der Waals surface area contributed by atoms with E-state index in [0.29, 0.717) is 12.1 Å². The van der Waals surface area contributed by atoms with E-state index >= 15 is 0 Å². The highest BCUT2D eigenvalue weighted by atomic mass is 19.1. The number of nitrogens with one attached hydrogen (secondary N) is 1. The van der Waals surface area contributed by atoms with E-state index in [9.17, 15) is 4.39 Å². The molecule has 19 heavy (non-hydrogen) atoms. The van der Waals surface area contributed by atoms with Crippen molar-refractivity contribution in [2.75, 3.05) is 13.1 Å². The molecule has 0 amide bonds. The molecule has 0 bridgehead atoms. The van der Waals surface area contributed by atoms with Gasteiger partial charge in [-0.05, 0) is 36.8 Å². The Labute approximate surface area is 114 Å². The average molecular weight is 263 g/mol. The van der Waals surface area contributed by atoms with Gasteiger partial charge >= 0.3 is 0 Å². The summed E-state index contributed by atoms with van der Waals surface area (Å²) in [6, 6.07) is 2.79. The minimum absolute atomic E-state index is 0.234. The van der Waals surface area contributed by atoms with Crippen molar-refractivity contribution in [3.8, 4) is 0 Å². The number of nitrogens with zero attached hydrogens (tertiary/aromatic N) is 2. The van der Waals surface area contributed by atoms with Gasteiger partial charge in [0.25, 0.3) is 0 Å². The zero-order chi connectivity index (χ0) is 13.2. The van der Waals surface area contributed by atoms with E-state index in [1.54, 1.807) is 12.3 Å². The van der Waals surface area contributed by atoms with Gasteiger partial charge in [0.2, 0.25) is 0 Å². The maximum atomic E-state index is 13.2. The molecule has 0 radical (unpaired) electrons. The summed E-state index contributed by atoms with van der Waals surface area (Å²) in [6.45, 7) is 5.18. The van der Waals surface area contributed by atoms with E-state index in [4.69, 9.17) is 0 Å². The molecule has 1 aromatic heterocycles. The number of aromatic nitrogens is 1. The fourth-order valence-electron chi connectivity index (χ4n) is 3.08. The Balaban J connectivity index is 1.71. The van der Waals surface area contributed by atoms with Gasteiger partial charge in [-0.2, -0.15) is 0 Å². The molecule has 1 aromatic rings. The minimum atomic E-state index is -0.234. The fraction of sp³-hybridized carbons (Fsp3) is 0.667. The second-order valence-electron chi connectivity index (χ2n) is 5.86. The fourth-order valence-corrected chi connectivity index (χ4v) is 3.08. The quantitative estimate of drug-likeness (QED) is 0.902. The smallest absolute Gasteiger partial charge is 0.141 e. The Bertz CT molecular complexity index is 433. The predicted molar refractivity (Wildman–Crippen MR) is 73.2 cm³/mol. The van der Waals surface area contributed by atoms with Gasteiger partial charge in [-0.1, -0.05) is 6.92 Å². The second-order valence-corrected chi connectivity index (χ2v) is 5.86. The van der Waals surface area contributed by atoms with Crippen molar-refractivity contribution in [3.05, 3.63) is 29.8 Å².